The number of aromatic nitrogens is 4. The molecule has 2 aliphatic heterocycles. The van der Waals surface area contributed by atoms with Crippen LogP contribution in [-0.4, -0.2) is 69.9 Å². The van der Waals surface area contributed by atoms with Gasteiger partial charge in [-0.1, -0.05) is 17.8 Å². The number of anilines is 1. The van der Waals surface area contributed by atoms with Gasteiger partial charge in [0.25, 0.3) is 0 Å². The summed E-state index contributed by atoms with van der Waals surface area (Å²) in [5.41, 5.74) is 3.37. The molecular weight excluding hydrogens is 469 g/mol. The first-order valence-corrected chi connectivity index (χ1v) is 13.0. The van der Waals surface area contributed by atoms with Crippen LogP contribution in [-0.2, 0) is 16.0 Å². The van der Waals surface area contributed by atoms with E-state index in [2.05, 4.69) is 19.7 Å². The van der Waals surface area contributed by atoms with E-state index >= 15 is 0 Å². The van der Waals surface area contributed by atoms with Gasteiger partial charge in [0.05, 0.1) is 30.8 Å². The number of hydrogen-bond acceptors (Lipinski definition) is 7. The lowest BCUT2D eigenvalue weighted by molar-refractivity contribution is 0.0957. The fourth-order valence-corrected chi connectivity index (χ4v) is 5.56. The minimum Gasteiger partial charge on any atom is -0.378 e. The summed E-state index contributed by atoms with van der Waals surface area (Å²) in [5, 5.41) is 9.33. The van der Waals surface area contributed by atoms with Gasteiger partial charge in [-0.2, -0.15) is 0 Å². The third kappa shape index (κ3) is 5.14. The van der Waals surface area contributed by atoms with Crippen LogP contribution >= 0.6 is 11.8 Å². The van der Waals surface area contributed by atoms with E-state index in [1.807, 2.05) is 30.5 Å². The molecule has 3 aromatic rings. The average molecular weight is 500 g/mol. The van der Waals surface area contributed by atoms with Gasteiger partial charge in [-0.25, -0.2) is 4.39 Å². The summed E-state index contributed by atoms with van der Waals surface area (Å²) in [7, 11) is 0. The van der Waals surface area contributed by atoms with Gasteiger partial charge in [-0.3, -0.25) is 9.36 Å². The number of carbonyl (C=O) groups excluding carboxylic acids is 1. The van der Waals surface area contributed by atoms with E-state index in [4.69, 9.17) is 9.47 Å². The zero-order valence-corrected chi connectivity index (χ0v) is 20.9. The van der Waals surface area contributed by atoms with E-state index in [-0.39, 0.29) is 23.5 Å². The third-order valence-electron chi connectivity index (χ3n) is 6.59. The standard InChI is InChI=1S/C25H30FN5O3S/c1-17-13-22(18(2)30(17)15-21-7-4-10-34-21)23(32)16-35-25-28-27-24(29-8-11-33-12-9-29)31(25)20-6-3-5-19(26)14-20/h3,5-6,13-14,21H,4,7-12,15-16H2,1-2H3/t21-/m0/s1. The molecule has 5 rings (SSSR count). The number of rotatable bonds is 8. The van der Waals surface area contributed by atoms with Crippen LogP contribution < -0.4 is 4.90 Å². The molecule has 0 bridgehead atoms. The fourth-order valence-electron chi connectivity index (χ4n) is 4.73. The van der Waals surface area contributed by atoms with E-state index in [1.165, 1.54) is 23.9 Å². The number of Topliss-reactive ketones (excluding diaryl/α,β-unsaturated/α-hetero) is 1. The fraction of sp³-hybridized carbons (Fsp3) is 0.480. The lowest BCUT2D eigenvalue weighted by Crippen LogP contribution is -2.37. The quantitative estimate of drug-likeness (QED) is 0.345. The highest BCUT2D eigenvalue weighted by Crippen LogP contribution is 2.29. The predicted octanol–water partition coefficient (Wildman–Crippen LogP) is 3.82. The number of halogens is 1. The Morgan fingerprint density at radius 2 is 2.00 bits per heavy atom. The Bertz CT molecular complexity index is 1200. The van der Waals surface area contributed by atoms with Crippen molar-refractivity contribution in [3.63, 3.8) is 0 Å². The Labute approximate surface area is 208 Å². The van der Waals surface area contributed by atoms with Crippen LogP contribution in [0.4, 0.5) is 10.3 Å². The number of benzene rings is 1. The van der Waals surface area contributed by atoms with Crippen LogP contribution in [0.1, 0.15) is 34.6 Å². The van der Waals surface area contributed by atoms with Crippen molar-refractivity contribution in [3.05, 3.63) is 53.1 Å². The van der Waals surface area contributed by atoms with Gasteiger partial charge < -0.3 is 18.9 Å². The minimum atomic E-state index is -0.338. The second-order valence-electron chi connectivity index (χ2n) is 8.94. The molecule has 35 heavy (non-hydrogen) atoms. The number of ether oxygens (including phenoxy) is 2. The van der Waals surface area contributed by atoms with Gasteiger partial charge in [0.2, 0.25) is 5.95 Å². The SMILES string of the molecule is Cc1cc(C(=O)CSc2nnc(N3CCOCC3)n2-c2cccc(F)c2)c(C)n1C[C@@H]1CCCO1. The Morgan fingerprint density at radius 3 is 2.74 bits per heavy atom. The minimum absolute atomic E-state index is 0.0309. The molecule has 0 radical (unpaired) electrons. The first kappa shape index (κ1) is 24.0. The lowest BCUT2D eigenvalue weighted by atomic mass is 10.2. The van der Waals surface area contributed by atoms with Gasteiger partial charge in [0.15, 0.2) is 10.9 Å². The van der Waals surface area contributed by atoms with Crippen molar-refractivity contribution in [1.82, 2.24) is 19.3 Å². The van der Waals surface area contributed by atoms with Crippen molar-refractivity contribution in [2.75, 3.05) is 43.6 Å². The highest BCUT2D eigenvalue weighted by atomic mass is 32.2. The molecule has 186 valence electrons. The molecule has 2 aliphatic rings. The maximum atomic E-state index is 14.1. The van der Waals surface area contributed by atoms with Gasteiger partial charge in [0.1, 0.15) is 5.82 Å². The van der Waals surface area contributed by atoms with E-state index in [0.29, 0.717) is 43.1 Å². The zero-order chi connectivity index (χ0) is 24.4. The van der Waals surface area contributed by atoms with Crippen molar-refractivity contribution in [2.45, 2.75) is 44.5 Å². The van der Waals surface area contributed by atoms with Crippen LogP contribution in [0.2, 0.25) is 0 Å². The van der Waals surface area contributed by atoms with Crippen molar-refractivity contribution >= 4 is 23.5 Å². The van der Waals surface area contributed by atoms with Crippen LogP contribution in [0.5, 0.6) is 0 Å². The lowest BCUT2D eigenvalue weighted by Gasteiger charge is -2.27. The molecule has 8 nitrogen and oxygen atoms in total. The molecule has 10 heteroatoms. The molecule has 0 unspecified atom stereocenters. The highest BCUT2D eigenvalue weighted by Gasteiger charge is 2.24. The zero-order valence-electron chi connectivity index (χ0n) is 20.1. The smallest absolute Gasteiger partial charge is 0.232 e. The van der Waals surface area contributed by atoms with Crippen LogP contribution in [0.25, 0.3) is 5.69 Å². The second kappa shape index (κ2) is 10.5. The van der Waals surface area contributed by atoms with Gasteiger partial charge in [-0.15, -0.1) is 10.2 Å². The Kier molecular flexibility index (Phi) is 7.22. The van der Waals surface area contributed by atoms with Crippen molar-refractivity contribution in [2.24, 2.45) is 0 Å². The summed E-state index contributed by atoms with van der Waals surface area (Å²) in [6.45, 7) is 8.14. The first-order chi connectivity index (χ1) is 17.0. The molecule has 2 fully saturated rings. The summed E-state index contributed by atoms with van der Waals surface area (Å²) in [5.74, 6) is 0.530. The number of morpholine rings is 1. The average Bonchev–Trinajstić information content (AvgIpc) is 3.59. The summed E-state index contributed by atoms with van der Waals surface area (Å²) < 4.78 is 29.3. The maximum Gasteiger partial charge on any atom is 0.232 e. The molecule has 0 amide bonds. The van der Waals surface area contributed by atoms with Crippen LogP contribution in [0.3, 0.4) is 0 Å². The number of carbonyl (C=O) groups is 1. The van der Waals surface area contributed by atoms with Crippen LogP contribution in [0.15, 0.2) is 35.5 Å². The Morgan fingerprint density at radius 1 is 1.17 bits per heavy atom. The molecular formula is C25H30FN5O3S. The molecule has 2 saturated heterocycles. The molecule has 0 spiro atoms. The van der Waals surface area contributed by atoms with Crippen molar-refractivity contribution in [3.8, 4) is 5.69 Å². The van der Waals surface area contributed by atoms with Gasteiger partial charge >= 0.3 is 0 Å². The normalized spacial score (nSPS) is 18.4. The maximum absolute atomic E-state index is 14.1. The van der Waals surface area contributed by atoms with Crippen molar-refractivity contribution < 1.29 is 18.7 Å². The van der Waals surface area contributed by atoms with E-state index < -0.39 is 0 Å². The highest BCUT2D eigenvalue weighted by molar-refractivity contribution is 7.99. The Balaban J connectivity index is 1.37. The molecule has 0 aliphatic carbocycles. The number of thioether (sulfide) groups is 1. The summed E-state index contributed by atoms with van der Waals surface area (Å²) in [4.78, 5) is 15.3. The molecule has 1 aromatic carbocycles. The molecule has 4 heterocycles. The first-order valence-electron chi connectivity index (χ1n) is 12.0. The summed E-state index contributed by atoms with van der Waals surface area (Å²) in [6, 6.07) is 8.31. The second-order valence-corrected chi connectivity index (χ2v) is 9.88. The van der Waals surface area contributed by atoms with E-state index in [9.17, 15) is 9.18 Å². The summed E-state index contributed by atoms with van der Waals surface area (Å²) in [6.07, 6.45) is 2.35. The third-order valence-corrected chi connectivity index (χ3v) is 7.52. The predicted molar refractivity (Wildman–Crippen MR) is 132 cm³/mol. The largest absolute Gasteiger partial charge is 0.378 e. The van der Waals surface area contributed by atoms with E-state index in [1.54, 1.807) is 6.07 Å². The number of nitrogens with zero attached hydrogens (tertiary/aromatic N) is 5. The summed E-state index contributed by atoms with van der Waals surface area (Å²) >= 11 is 1.32. The number of aryl methyl sites for hydroxylation is 1. The van der Waals surface area contributed by atoms with E-state index in [0.717, 1.165) is 42.9 Å². The number of hydrogen-bond donors (Lipinski definition) is 0. The number of ketones is 1. The topological polar surface area (TPSA) is 74.4 Å². The molecule has 2 aromatic heterocycles. The monoisotopic (exact) mass is 499 g/mol. The molecule has 0 N–H and O–H groups in total. The van der Waals surface area contributed by atoms with Gasteiger partial charge in [0, 0.05) is 43.2 Å². The Hall–Kier alpha value is -2.69. The molecule has 1 atom stereocenters. The van der Waals surface area contributed by atoms with Gasteiger partial charge in [-0.05, 0) is 51.0 Å². The van der Waals surface area contributed by atoms with Crippen molar-refractivity contribution in [1.29, 1.82) is 0 Å². The van der Waals surface area contributed by atoms with Crippen LogP contribution in [0, 0.1) is 19.7 Å². The molecule has 0 saturated carbocycles.